The van der Waals surface area contributed by atoms with Gasteiger partial charge in [-0.25, -0.2) is 4.79 Å². The van der Waals surface area contributed by atoms with E-state index in [0.717, 1.165) is 6.42 Å². The van der Waals surface area contributed by atoms with Crippen molar-refractivity contribution in [3.63, 3.8) is 0 Å². The molecule has 4 nitrogen and oxygen atoms in total. The lowest BCUT2D eigenvalue weighted by Crippen LogP contribution is -2.45. The van der Waals surface area contributed by atoms with Gasteiger partial charge < -0.3 is 15.7 Å². The van der Waals surface area contributed by atoms with Gasteiger partial charge in [-0.05, 0) is 17.9 Å². The molecule has 1 aromatic rings. The Morgan fingerprint density at radius 3 is 2.90 bits per heavy atom. The Balaban J connectivity index is 1.77. The maximum absolute atomic E-state index is 11.9. The van der Waals surface area contributed by atoms with Gasteiger partial charge in [-0.15, -0.1) is 11.3 Å². The molecule has 0 radical (unpaired) electrons. The quantitative estimate of drug-likeness (QED) is 0.730. The molecule has 0 aromatic carbocycles. The number of aliphatic hydroxyl groups is 1. The molecule has 2 atom stereocenters. The minimum absolute atomic E-state index is 0.0250. The first-order valence-electron chi connectivity index (χ1n) is 6.89. The normalized spacial score (nSPS) is 21.9. The molecule has 0 saturated heterocycles. The molecule has 0 unspecified atom stereocenters. The lowest BCUT2D eigenvalue weighted by atomic mass is 9.91. The first-order valence-corrected chi connectivity index (χ1v) is 7.77. The van der Waals surface area contributed by atoms with Gasteiger partial charge in [0.05, 0.1) is 0 Å². The zero-order chi connectivity index (χ0) is 14.6. The van der Waals surface area contributed by atoms with Gasteiger partial charge in [0.25, 0.3) is 0 Å². The van der Waals surface area contributed by atoms with Crippen LogP contribution in [0.3, 0.4) is 0 Å². The Morgan fingerprint density at radius 2 is 2.30 bits per heavy atom. The molecule has 2 amide bonds. The largest absolute Gasteiger partial charge is 0.396 e. The van der Waals surface area contributed by atoms with Crippen LogP contribution < -0.4 is 10.6 Å². The monoisotopic (exact) mass is 294 g/mol. The number of carbonyl (C=O) groups excluding carboxylic acids is 1. The second-order valence-electron chi connectivity index (χ2n) is 5.86. The predicted molar refractivity (Wildman–Crippen MR) is 82.0 cm³/mol. The van der Waals surface area contributed by atoms with Gasteiger partial charge >= 0.3 is 6.03 Å². The van der Waals surface area contributed by atoms with Crippen LogP contribution >= 0.6 is 11.3 Å². The molecule has 20 heavy (non-hydrogen) atoms. The molecular formula is C15H22N2O2S. The maximum Gasteiger partial charge on any atom is 0.315 e. The van der Waals surface area contributed by atoms with E-state index < -0.39 is 0 Å². The maximum atomic E-state index is 11.9. The molecule has 1 aliphatic carbocycles. The van der Waals surface area contributed by atoms with E-state index in [9.17, 15) is 4.79 Å². The predicted octanol–water partition coefficient (Wildman–Crippen LogP) is 2.26. The van der Waals surface area contributed by atoms with Crippen molar-refractivity contribution in [2.45, 2.75) is 31.7 Å². The van der Waals surface area contributed by atoms with Gasteiger partial charge in [-0.2, -0.15) is 0 Å². The van der Waals surface area contributed by atoms with Crippen LogP contribution in [0.5, 0.6) is 0 Å². The molecule has 1 aliphatic rings. The Hall–Kier alpha value is -1.33. The summed E-state index contributed by atoms with van der Waals surface area (Å²) in [5, 5.41) is 17.0. The van der Waals surface area contributed by atoms with E-state index in [0.29, 0.717) is 6.54 Å². The lowest BCUT2D eigenvalue weighted by Gasteiger charge is -2.24. The lowest BCUT2D eigenvalue weighted by molar-refractivity contribution is 0.229. The second-order valence-corrected chi connectivity index (χ2v) is 6.81. The Morgan fingerprint density at radius 1 is 1.50 bits per heavy atom. The molecule has 2 rings (SSSR count). The van der Waals surface area contributed by atoms with E-state index in [1.807, 2.05) is 18.2 Å². The van der Waals surface area contributed by atoms with Gasteiger partial charge in [0, 0.05) is 35.4 Å². The topological polar surface area (TPSA) is 61.4 Å². The number of rotatable bonds is 5. The van der Waals surface area contributed by atoms with E-state index in [2.05, 4.69) is 35.9 Å². The van der Waals surface area contributed by atoms with E-state index in [4.69, 9.17) is 5.11 Å². The first kappa shape index (κ1) is 15.1. The third-order valence-electron chi connectivity index (χ3n) is 3.60. The van der Waals surface area contributed by atoms with Crippen molar-refractivity contribution in [1.29, 1.82) is 0 Å². The summed E-state index contributed by atoms with van der Waals surface area (Å²) in [5.74, 6) is 0.169. The average Bonchev–Trinajstić information content (AvgIpc) is 3.07. The Bertz CT molecular complexity index is 468. The molecule has 0 saturated carbocycles. The summed E-state index contributed by atoms with van der Waals surface area (Å²) in [6.07, 6.45) is 4.68. The molecule has 0 aliphatic heterocycles. The summed E-state index contributed by atoms with van der Waals surface area (Å²) in [7, 11) is 0. The highest BCUT2D eigenvalue weighted by Gasteiger charge is 2.24. The van der Waals surface area contributed by atoms with Crippen molar-refractivity contribution < 1.29 is 9.90 Å². The van der Waals surface area contributed by atoms with E-state index in [-0.39, 0.29) is 30.0 Å². The summed E-state index contributed by atoms with van der Waals surface area (Å²) in [4.78, 5) is 13.2. The molecule has 1 heterocycles. The molecule has 110 valence electrons. The van der Waals surface area contributed by atoms with Crippen LogP contribution in [0.4, 0.5) is 4.79 Å². The van der Waals surface area contributed by atoms with Crippen molar-refractivity contribution in [2.24, 2.45) is 5.92 Å². The van der Waals surface area contributed by atoms with Crippen LogP contribution in [0.2, 0.25) is 0 Å². The van der Waals surface area contributed by atoms with E-state index in [1.165, 1.54) is 4.88 Å². The molecule has 1 aromatic heterocycles. The zero-order valence-electron chi connectivity index (χ0n) is 11.9. The number of thiophene rings is 1. The SMILES string of the molecule is CC(C)(CNC(=O)N[C@@H]1C=C[C@H](CO)C1)c1cccs1. The third kappa shape index (κ3) is 3.84. The van der Waals surface area contributed by atoms with Crippen LogP contribution in [0.1, 0.15) is 25.1 Å². The molecule has 3 N–H and O–H groups in total. The standard InChI is InChI=1S/C15H22N2O2S/c1-15(2,13-4-3-7-20-13)10-16-14(19)17-12-6-5-11(8-12)9-18/h3-7,11-12,18H,8-10H2,1-2H3,(H2,16,17,19)/t11-,12+/m0/s1. The highest BCUT2D eigenvalue weighted by molar-refractivity contribution is 7.10. The molecule has 0 bridgehead atoms. The van der Waals surface area contributed by atoms with Gasteiger partial charge in [0.15, 0.2) is 0 Å². The van der Waals surface area contributed by atoms with Crippen molar-refractivity contribution in [2.75, 3.05) is 13.2 Å². The highest BCUT2D eigenvalue weighted by Crippen LogP contribution is 2.26. The van der Waals surface area contributed by atoms with Gasteiger partial charge in [0.2, 0.25) is 0 Å². The number of hydrogen-bond acceptors (Lipinski definition) is 3. The van der Waals surface area contributed by atoms with Crippen molar-refractivity contribution in [3.8, 4) is 0 Å². The van der Waals surface area contributed by atoms with Crippen LogP contribution in [-0.2, 0) is 5.41 Å². The average molecular weight is 294 g/mol. The van der Waals surface area contributed by atoms with Gasteiger partial charge in [-0.3, -0.25) is 0 Å². The smallest absolute Gasteiger partial charge is 0.315 e. The van der Waals surface area contributed by atoms with Crippen LogP contribution in [0.25, 0.3) is 0 Å². The van der Waals surface area contributed by atoms with Gasteiger partial charge in [-0.1, -0.05) is 32.1 Å². The molecule has 5 heteroatoms. The minimum atomic E-state index is -0.150. The summed E-state index contributed by atoms with van der Waals surface area (Å²) >= 11 is 1.71. The van der Waals surface area contributed by atoms with E-state index >= 15 is 0 Å². The fourth-order valence-corrected chi connectivity index (χ4v) is 3.14. The fraction of sp³-hybridized carbons (Fsp3) is 0.533. The number of aliphatic hydroxyl groups excluding tert-OH is 1. The number of amides is 2. The van der Waals surface area contributed by atoms with Crippen molar-refractivity contribution >= 4 is 17.4 Å². The number of urea groups is 1. The number of nitrogens with one attached hydrogen (secondary N) is 2. The molecule has 0 fully saturated rings. The second kappa shape index (κ2) is 6.41. The zero-order valence-corrected chi connectivity index (χ0v) is 12.7. The van der Waals surface area contributed by atoms with Crippen molar-refractivity contribution in [3.05, 3.63) is 34.5 Å². The Kier molecular flexibility index (Phi) is 4.83. The van der Waals surface area contributed by atoms with Crippen LogP contribution in [0.15, 0.2) is 29.7 Å². The molecular weight excluding hydrogens is 272 g/mol. The molecule has 0 spiro atoms. The Labute approximate surface area is 123 Å². The van der Waals surface area contributed by atoms with Crippen LogP contribution in [-0.4, -0.2) is 30.3 Å². The third-order valence-corrected chi connectivity index (χ3v) is 4.84. The van der Waals surface area contributed by atoms with Gasteiger partial charge in [0.1, 0.15) is 0 Å². The summed E-state index contributed by atoms with van der Waals surface area (Å²) in [5.41, 5.74) is -0.0648. The first-order chi connectivity index (χ1) is 9.51. The summed E-state index contributed by atoms with van der Waals surface area (Å²) in [6.45, 7) is 4.98. The summed E-state index contributed by atoms with van der Waals surface area (Å²) < 4.78 is 0. The summed E-state index contributed by atoms with van der Waals surface area (Å²) in [6, 6.07) is 4.00. The van der Waals surface area contributed by atoms with Crippen LogP contribution in [0, 0.1) is 5.92 Å². The van der Waals surface area contributed by atoms with Crippen molar-refractivity contribution in [1.82, 2.24) is 10.6 Å². The number of carbonyl (C=O) groups is 1. The number of hydrogen-bond donors (Lipinski definition) is 3. The highest BCUT2D eigenvalue weighted by atomic mass is 32.1. The minimum Gasteiger partial charge on any atom is -0.396 e. The van der Waals surface area contributed by atoms with E-state index in [1.54, 1.807) is 11.3 Å². The fourth-order valence-electron chi connectivity index (χ4n) is 2.29.